The number of nitrogens with zero attached hydrogens (tertiary/aromatic N) is 1. The summed E-state index contributed by atoms with van der Waals surface area (Å²) in [5.74, 6) is 0. The normalized spacial score (nSPS) is 29.2. The van der Waals surface area contributed by atoms with Gasteiger partial charge in [0, 0.05) is 12.2 Å². The maximum atomic E-state index is 5.85. The molecule has 2 saturated heterocycles. The van der Waals surface area contributed by atoms with Gasteiger partial charge in [0.1, 0.15) is 5.60 Å². The van der Waals surface area contributed by atoms with Crippen LogP contribution in [0.2, 0.25) is 0 Å². The number of likely N-dealkylation sites (tertiary alicyclic amines) is 1. The van der Waals surface area contributed by atoms with Gasteiger partial charge in [-0.3, -0.25) is 0 Å². The van der Waals surface area contributed by atoms with E-state index in [2.05, 4.69) is 17.0 Å². The van der Waals surface area contributed by atoms with E-state index < -0.39 is 0 Å². The van der Waals surface area contributed by atoms with E-state index in [1.54, 1.807) is 0 Å². The summed E-state index contributed by atoms with van der Waals surface area (Å²) in [5, 5.41) is 0. The third kappa shape index (κ3) is 2.31. The summed E-state index contributed by atoms with van der Waals surface area (Å²) in [6, 6.07) is 8.13. The summed E-state index contributed by atoms with van der Waals surface area (Å²) in [6.07, 6.45) is 4.03. The van der Waals surface area contributed by atoms with E-state index in [1.807, 2.05) is 12.1 Å². The molecule has 1 unspecified atom stereocenters. The highest BCUT2D eigenvalue weighted by Gasteiger charge is 2.47. The predicted molar refractivity (Wildman–Crippen MR) is 68.8 cm³/mol. The molecule has 3 rings (SSSR count). The van der Waals surface area contributed by atoms with Crippen molar-refractivity contribution in [2.45, 2.75) is 24.9 Å². The average molecular weight is 232 g/mol. The summed E-state index contributed by atoms with van der Waals surface area (Å²) in [4.78, 5) is 2.53. The van der Waals surface area contributed by atoms with Crippen molar-refractivity contribution in [3.05, 3.63) is 29.8 Å². The number of anilines is 1. The molecule has 0 saturated carbocycles. The van der Waals surface area contributed by atoms with Crippen LogP contribution >= 0.6 is 0 Å². The van der Waals surface area contributed by atoms with Gasteiger partial charge >= 0.3 is 0 Å². The second-order valence-electron chi connectivity index (χ2n) is 5.25. The number of nitrogen functional groups attached to an aromatic ring is 1. The summed E-state index contributed by atoms with van der Waals surface area (Å²) < 4.78 is 5.74. The summed E-state index contributed by atoms with van der Waals surface area (Å²) in [6.45, 7) is 4.30. The largest absolute Gasteiger partial charge is 0.399 e. The Hall–Kier alpha value is -1.06. The van der Waals surface area contributed by atoms with Crippen molar-refractivity contribution >= 4 is 5.69 Å². The Bertz CT molecular complexity index is 395. The number of hydrogen-bond donors (Lipinski definition) is 1. The average Bonchev–Trinajstić information content (AvgIpc) is 3.11. The molecule has 0 aliphatic carbocycles. The quantitative estimate of drug-likeness (QED) is 0.640. The molecule has 2 N–H and O–H groups in total. The Morgan fingerprint density at radius 2 is 2.00 bits per heavy atom. The van der Waals surface area contributed by atoms with Crippen LogP contribution in [-0.4, -0.2) is 31.1 Å². The zero-order valence-corrected chi connectivity index (χ0v) is 10.2. The molecule has 17 heavy (non-hydrogen) atoms. The Morgan fingerprint density at radius 3 is 2.65 bits per heavy atom. The maximum Gasteiger partial charge on any atom is 0.129 e. The lowest BCUT2D eigenvalue weighted by atomic mass is 9.97. The molecule has 0 bridgehead atoms. The van der Waals surface area contributed by atoms with E-state index in [9.17, 15) is 0 Å². The number of hydrogen-bond acceptors (Lipinski definition) is 3. The first-order valence-electron chi connectivity index (χ1n) is 6.51. The minimum atomic E-state index is -0.0628. The van der Waals surface area contributed by atoms with Crippen molar-refractivity contribution in [3.8, 4) is 0 Å². The van der Waals surface area contributed by atoms with Crippen LogP contribution in [0.5, 0.6) is 0 Å². The van der Waals surface area contributed by atoms with Crippen LogP contribution in [0.1, 0.15) is 24.8 Å². The monoisotopic (exact) mass is 232 g/mol. The molecule has 0 spiro atoms. The van der Waals surface area contributed by atoms with Crippen LogP contribution in [0.4, 0.5) is 5.69 Å². The Morgan fingerprint density at radius 1 is 1.24 bits per heavy atom. The Labute approximate surface area is 103 Å². The number of rotatable bonds is 3. The van der Waals surface area contributed by atoms with E-state index in [0.717, 1.165) is 18.8 Å². The van der Waals surface area contributed by atoms with Crippen molar-refractivity contribution in [3.63, 3.8) is 0 Å². The lowest BCUT2D eigenvalue weighted by molar-refractivity contribution is 0.162. The third-order valence-corrected chi connectivity index (χ3v) is 3.83. The van der Waals surface area contributed by atoms with E-state index in [0.29, 0.717) is 0 Å². The molecule has 0 radical (unpaired) electrons. The van der Waals surface area contributed by atoms with Crippen LogP contribution in [0, 0.1) is 0 Å². The zero-order valence-electron chi connectivity index (χ0n) is 10.2. The van der Waals surface area contributed by atoms with Gasteiger partial charge in [-0.1, -0.05) is 18.6 Å². The maximum absolute atomic E-state index is 5.85. The molecule has 2 aliphatic rings. The van der Waals surface area contributed by atoms with Gasteiger partial charge in [-0.05, 0) is 43.6 Å². The van der Waals surface area contributed by atoms with Crippen molar-refractivity contribution in [2.75, 3.05) is 32.0 Å². The van der Waals surface area contributed by atoms with Crippen LogP contribution in [0.25, 0.3) is 0 Å². The predicted octanol–water partition coefficient (Wildman–Crippen LogP) is 1.98. The van der Waals surface area contributed by atoms with E-state index in [4.69, 9.17) is 10.5 Å². The lowest BCUT2D eigenvalue weighted by Gasteiger charge is -2.29. The number of epoxide rings is 1. The van der Waals surface area contributed by atoms with Gasteiger partial charge in [-0.15, -0.1) is 0 Å². The molecule has 2 heterocycles. The number of benzene rings is 1. The van der Waals surface area contributed by atoms with Crippen molar-refractivity contribution in [2.24, 2.45) is 0 Å². The number of nitrogens with two attached hydrogens (primary N) is 1. The molecule has 92 valence electrons. The van der Waals surface area contributed by atoms with Gasteiger partial charge < -0.3 is 15.4 Å². The summed E-state index contributed by atoms with van der Waals surface area (Å²) in [7, 11) is 0. The van der Waals surface area contributed by atoms with Gasteiger partial charge in [0.05, 0.1) is 6.61 Å². The molecule has 3 heteroatoms. The molecule has 1 aromatic rings. The molecule has 2 aliphatic heterocycles. The molecular weight excluding hydrogens is 212 g/mol. The molecule has 0 amide bonds. The van der Waals surface area contributed by atoms with Gasteiger partial charge in [0.15, 0.2) is 0 Å². The SMILES string of the molecule is Nc1cccc(C2(CN3CCCCC3)CO2)c1. The minimum Gasteiger partial charge on any atom is -0.399 e. The fourth-order valence-corrected chi connectivity index (χ4v) is 2.74. The van der Waals surface area contributed by atoms with Crippen molar-refractivity contribution < 1.29 is 4.74 Å². The standard InChI is InChI=1S/C14H20N2O/c15-13-6-4-5-12(9-13)14(11-17-14)10-16-7-2-1-3-8-16/h4-6,9H,1-3,7-8,10-11,15H2. The van der Waals surface area contributed by atoms with E-state index in [1.165, 1.54) is 37.9 Å². The highest BCUT2D eigenvalue weighted by atomic mass is 16.6. The van der Waals surface area contributed by atoms with Crippen LogP contribution in [0.3, 0.4) is 0 Å². The number of piperidine rings is 1. The van der Waals surface area contributed by atoms with Crippen molar-refractivity contribution in [1.82, 2.24) is 4.90 Å². The third-order valence-electron chi connectivity index (χ3n) is 3.83. The highest BCUT2D eigenvalue weighted by molar-refractivity contribution is 5.44. The van der Waals surface area contributed by atoms with E-state index in [-0.39, 0.29) is 5.60 Å². The molecule has 1 atom stereocenters. The van der Waals surface area contributed by atoms with Crippen LogP contribution < -0.4 is 5.73 Å². The Balaban J connectivity index is 1.73. The zero-order chi connectivity index (χ0) is 11.7. The van der Waals surface area contributed by atoms with Crippen molar-refractivity contribution in [1.29, 1.82) is 0 Å². The smallest absolute Gasteiger partial charge is 0.129 e. The highest BCUT2D eigenvalue weighted by Crippen LogP contribution is 2.40. The van der Waals surface area contributed by atoms with E-state index >= 15 is 0 Å². The summed E-state index contributed by atoms with van der Waals surface area (Å²) >= 11 is 0. The fraction of sp³-hybridized carbons (Fsp3) is 0.571. The second-order valence-corrected chi connectivity index (χ2v) is 5.25. The molecular formula is C14H20N2O. The second kappa shape index (κ2) is 4.31. The van der Waals surface area contributed by atoms with Gasteiger partial charge in [0.2, 0.25) is 0 Å². The minimum absolute atomic E-state index is 0.0628. The van der Waals surface area contributed by atoms with Gasteiger partial charge in [-0.25, -0.2) is 0 Å². The molecule has 2 fully saturated rings. The first kappa shape index (κ1) is 11.1. The first-order chi connectivity index (χ1) is 8.28. The first-order valence-corrected chi connectivity index (χ1v) is 6.51. The molecule has 1 aromatic carbocycles. The van der Waals surface area contributed by atoms with Crippen LogP contribution in [0.15, 0.2) is 24.3 Å². The molecule has 3 nitrogen and oxygen atoms in total. The topological polar surface area (TPSA) is 41.8 Å². The van der Waals surface area contributed by atoms with Gasteiger partial charge in [0.25, 0.3) is 0 Å². The Kier molecular flexibility index (Phi) is 2.81. The van der Waals surface area contributed by atoms with Crippen LogP contribution in [-0.2, 0) is 10.3 Å². The summed E-state index contributed by atoms with van der Waals surface area (Å²) in [5.41, 5.74) is 7.85. The molecule has 0 aromatic heterocycles. The lowest BCUT2D eigenvalue weighted by Crippen LogP contribution is -2.37. The number of ether oxygens (including phenoxy) is 1. The fourth-order valence-electron chi connectivity index (χ4n) is 2.74. The van der Waals surface area contributed by atoms with Gasteiger partial charge in [-0.2, -0.15) is 0 Å².